The van der Waals surface area contributed by atoms with Crippen molar-refractivity contribution in [2.75, 3.05) is 18.8 Å². The van der Waals surface area contributed by atoms with Crippen molar-refractivity contribution < 1.29 is 21.6 Å². The van der Waals surface area contributed by atoms with Gasteiger partial charge >= 0.3 is 6.18 Å². The van der Waals surface area contributed by atoms with E-state index in [4.69, 9.17) is 0 Å². The lowest BCUT2D eigenvalue weighted by Gasteiger charge is -2.18. The van der Waals surface area contributed by atoms with Crippen LogP contribution in [0.4, 0.5) is 13.2 Å². The fraction of sp³-hybridized carbons (Fsp3) is 0.438. The standard InChI is InChI=1S/C16H16F3N5O2S/c1-9-22-12-6-21-15-11(2-4-20-15)13(12)14(23-9)10-3-5-24(7-10)27(25,26)8-16(17,18)19/h2,4,6,10H,3,5,7-8H2,1H3,(H,22,23). The van der Waals surface area contributed by atoms with Gasteiger partial charge in [0.15, 0.2) is 11.4 Å². The van der Waals surface area contributed by atoms with Gasteiger partial charge in [0.05, 0.1) is 11.7 Å². The van der Waals surface area contributed by atoms with Crippen LogP contribution in [-0.4, -0.2) is 57.7 Å². The molecule has 0 radical (unpaired) electrons. The monoisotopic (exact) mass is 399 g/mol. The van der Waals surface area contributed by atoms with E-state index in [2.05, 4.69) is 19.9 Å². The van der Waals surface area contributed by atoms with Gasteiger partial charge < -0.3 is 4.98 Å². The Kier molecular flexibility index (Phi) is 4.11. The number of aryl methyl sites for hydroxylation is 1. The molecule has 0 bridgehead atoms. The maximum Gasteiger partial charge on any atom is 0.404 e. The Balaban J connectivity index is 1.75. The van der Waals surface area contributed by atoms with Crippen molar-refractivity contribution >= 4 is 32.0 Å². The number of rotatable bonds is 3. The SMILES string of the molecule is Cc1nc2cnc3nccc3c2c(C2CCN(S(=O)(=O)CC(F)(F)F)C2)[nH]1. The molecule has 1 aliphatic heterocycles. The number of nitrogens with zero attached hydrogens (tertiary/aromatic N) is 4. The van der Waals surface area contributed by atoms with Gasteiger partial charge in [-0.15, -0.1) is 0 Å². The van der Waals surface area contributed by atoms with Crippen LogP contribution in [0.2, 0.25) is 0 Å². The summed E-state index contributed by atoms with van der Waals surface area (Å²) < 4.78 is 62.9. The molecule has 3 aromatic rings. The van der Waals surface area contributed by atoms with Crippen molar-refractivity contribution in [3.05, 3.63) is 30.0 Å². The number of pyridine rings is 1. The van der Waals surface area contributed by atoms with E-state index < -0.39 is 22.0 Å². The third-order valence-electron chi connectivity index (χ3n) is 4.69. The quantitative estimate of drug-likeness (QED) is 0.731. The minimum Gasteiger partial charge on any atom is -0.347 e. The summed E-state index contributed by atoms with van der Waals surface area (Å²) in [6, 6.07) is 1.80. The summed E-state index contributed by atoms with van der Waals surface area (Å²) in [7, 11) is -4.40. The number of fused-ring (bicyclic) bond motifs is 3. The number of H-pyrrole nitrogens is 1. The number of hydrogen-bond donors (Lipinski definition) is 1. The maximum atomic E-state index is 12.6. The molecule has 3 aromatic heterocycles. The fourth-order valence-corrected chi connectivity index (χ4v) is 4.99. The van der Waals surface area contributed by atoms with Crippen molar-refractivity contribution in [3.63, 3.8) is 0 Å². The highest BCUT2D eigenvalue weighted by Gasteiger charge is 2.41. The molecule has 0 spiro atoms. The van der Waals surface area contributed by atoms with Crippen LogP contribution >= 0.6 is 0 Å². The van der Waals surface area contributed by atoms with Gasteiger partial charge in [0.25, 0.3) is 0 Å². The van der Waals surface area contributed by atoms with Gasteiger partial charge in [0.1, 0.15) is 5.82 Å². The molecule has 1 aliphatic rings. The first-order valence-electron chi connectivity index (χ1n) is 8.28. The van der Waals surface area contributed by atoms with E-state index in [0.717, 1.165) is 20.8 Å². The van der Waals surface area contributed by atoms with Crippen molar-refractivity contribution in [1.29, 1.82) is 0 Å². The number of aromatic nitrogens is 4. The largest absolute Gasteiger partial charge is 0.404 e. The normalized spacial score (nSPS) is 19.3. The number of hydrogen-bond acceptors (Lipinski definition) is 5. The summed E-state index contributed by atoms with van der Waals surface area (Å²) in [6.07, 6.45) is -1.12. The molecule has 27 heavy (non-hydrogen) atoms. The molecule has 144 valence electrons. The third kappa shape index (κ3) is 3.36. The Morgan fingerprint density at radius 1 is 1.33 bits per heavy atom. The summed E-state index contributed by atoms with van der Waals surface area (Å²) in [6.45, 7) is 1.81. The van der Waals surface area contributed by atoms with Gasteiger partial charge in [-0.25, -0.2) is 27.7 Å². The van der Waals surface area contributed by atoms with Crippen molar-refractivity contribution in [2.24, 2.45) is 0 Å². The Bertz CT molecular complexity index is 1130. The second-order valence-electron chi connectivity index (χ2n) is 6.65. The molecule has 0 aromatic carbocycles. The molecule has 1 atom stereocenters. The predicted octanol–water partition coefficient (Wildman–Crippen LogP) is 2.50. The maximum absolute atomic E-state index is 12.6. The summed E-state index contributed by atoms with van der Waals surface area (Å²) >= 11 is 0. The van der Waals surface area contributed by atoms with Crippen molar-refractivity contribution in [2.45, 2.75) is 25.4 Å². The average Bonchev–Trinajstić information content (AvgIpc) is 3.21. The van der Waals surface area contributed by atoms with E-state index in [0.29, 0.717) is 23.4 Å². The molecule has 1 unspecified atom stereocenters. The first kappa shape index (κ1) is 18.1. The van der Waals surface area contributed by atoms with Gasteiger partial charge in [0, 0.05) is 41.7 Å². The number of alkyl halides is 3. The second kappa shape index (κ2) is 6.13. The zero-order valence-electron chi connectivity index (χ0n) is 14.3. The Morgan fingerprint density at radius 3 is 2.85 bits per heavy atom. The highest BCUT2D eigenvalue weighted by atomic mass is 32.2. The second-order valence-corrected chi connectivity index (χ2v) is 8.62. The lowest BCUT2D eigenvalue weighted by molar-refractivity contribution is -0.106. The molecule has 0 saturated carbocycles. The zero-order chi connectivity index (χ0) is 19.4. The van der Waals surface area contributed by atoms with Crippen LogP contribution in [0.1, 0.15) is 23.9 Å². The minimum absolute atomic E-state index is 0.00851. The van der Waals surface area contributed by atoms with Gasteiger partial charge in [-0.05, 0) is 19.4 Å². The summed E-state index contributed by atoms with van der Waals surface area (Å²) in [5, 5.41) is 1.56. The molecular weight excluding hydrogens is 383 g/mol. The summed E-state index contributed by atoms with van der Waals surface area (Å²) in [4.78, 5) is 16.0. The topological polar surface area (TPSA) is 91.8 Å². The zero-order valence-corrected chi connectivity index (χ0v) is 15.1. The lowest BCUT2D eigenvalue weighted by Crippen LogP contribution is -2.36. The first-order valence-corrected chi connectivity index (χ1v) is 9.89. The van der Waals surface area contributed by atoms with Gasteiger partial charge in [-0.1, -0.05) is 0 Å². The molecule has 1 saturated heterocycles. The van der Waals surface area contributed by atoms with E-state index in [1.54, 1.807) is 25.4 Å². The summed E-state index contributed by atoms with van der Waals surface area (Å²) in [5.74, 6) is -1.49. The molecule has 4 heterocycles. The molecule has 7 nitrogen and oxygen atoms in total. The lowest BCUT2D eigenvalue weighted by atomic mass is 9.99. The Morgan fingerprint density at radius 2 is 2.11 bits per heavy atom. The van der Waals surface area contributed by atoms with Gasteiger partial charge in [-0.3, -0.25) is 0 Å². The Hall–Kier alpha value is -2.27. The first-order chi connectivity index (χ1) is 12.6. The van der Waals surface area contributed by atoms with E-state index >= 15 is 0 Å². The number of sulfonamides is 1. The molecule has 4 rings (SSSR count). The van der Waals surface area contributed by atoms with Gasteiger partial charge in [0.2, 0.25) is 10.0 Å². The molecular formula is C16H16F3N5O2S. The third-order valence-corrected chi connectivity index (χ3v) is 6.50. The van der Waals surface area contributed by atoms with E-state index in [1.807, 2.05) is 0 Å². The highest BCUT2D eigenvalue weighted by Crippen LogP contribution is 2.35. The van der Waals surface area contributed by atoms with Gasteiger partial charge in [-0.2, -0.15) is 13.2 Å². The van der Waals surface area contributed by atoms with Crippen LogP contribution in [0.5, 0.6) is 0 Å². The molecule has 0 aliphatic carbocycles. The minimum atomic E-state index is -4.76. The van der Waals surface area contributed by atoms with E-state index in [-0.39, 0.29) is 19.0 Å². The van der Waals surface area contributed by atoms with Crippen LogP contribution in [0, 0.1) is 6.92 Å². The predicted molar refractivity (Wildman–Crippen MR) is 92.7 cm³/mol. The van der Waals surface area contributed by atoms with Crippen LogP contribution in [-0.2, 0) is 10.0 Å². The summed E-state index contributed by atoms with van der Waals surface area (Å²) in [5.41, 5.74) is 1.93. The molecule has 1 N–H and O–H groups in total. The van der Waals surface area contributed by atoms with Crippen LogP contribution in [0.15, 0.2) is 18.5 Å². The molecule has 11 heteroatoms. The Labute approximate surface area is 152 Å². The van der Waals surface area contributed by atoms with Crippen molar-refractivity contribution in [1.82, 2.24) is 24.2 Å². The average molecular weight is 399 g/mol. The van der Waals surface area contributed by atoms with E-state index in [9.17, 15) is 21.6 Å². The number of halogens is 3. The number of nitrogens with one attached hydrogen (secondary N) is 1. The van der Waals surface area contributed by atoms with Crippen LogP contribution in [0.25, 0.3) is 21.9 Å². The number of aromatic amines is 1. The smallest absolute Gasteiger partial charge is 0.347 e. The fourth-order valence-electron chi connectivity index (χ4n) is 3.60. The molecule has 1 fully saturated rings. The van der Waals surface area contributed by atoms with E-state index in [1.165, 1.54) is 0 Å². The van der Waals surface area contributed by atoms with Crippen LogP contribution in [0.3, 0.4) is 0 Å². The molecule has 0 amide bonds. The highest BCUT2D eigenvalue weighted by molar-refractivity contribution is 7.89. The van der Waals surface area contributed by atoms with Crippen LogP contribution < -0.4 is 0 Å². The van der Waals surface area contributed by atoms with Crippen molar-refractivity contribution in [3.8, 4) is 0 Å².